The first-order valence-electron chi connectivity index (χ1n) is 7.12. The minimum absolute atomic E-state index is 0.0634. The molecular formula is C18H21ClFN. The Morgan fingerprint density at radius 1 is 1.14 bits per heavy atom. The van der Waals surface area contributed by atoms with Crippen LogP contribution in [0.15, 0.2) is 48.5 Å². The molecule has 0 aliphatic carbocycles. The van der Waals surface area contributed by atoms with Gasteiger partial charge in [0.25, 0.3) is 0 Å². The number of likely N-dealkylation sites (N-methyl/N-ethyl adjacent to an activating group) is 1. The van der Waals surface area contributed by atoms with Crippen LogP contribution in [-0.4, -0.2) is 13.1 Å². The Labute approximate surface area is 131 Å². The van der Waals surface area contributed by atoms with E-state index in [1.807, 2.05) is 31.3 Å². The van der Waals surface area contributed by atoms with Gasteiger partial charge in [0.2, 0.25) is 0 Å². The van der Waals surface area contributed by atoms with Crippen LogP contribution < -0.4 is 5.32 Å². The maximum absolute atomic E-state index is 13.6. The Morgan fingerprint density at radius 3 is 2.38 bits per heavy atom. The normalized spacial score (nSPS) is 13.2. The van der Waals surface area contributed by atoms with Gasteiger partial charge in [0.05, 0.1) is 5.02 Å². The highest BCUT2D eigenvalue weighted by Crippen LogP contribution is 2.29. The van der Waals surface area contributed by atoms with E-state index in [9.17, 15) is 4.39 Å². The summed E-state index contributed by atoms with van der Waals surface area (Å²) in [6.45, 7) is 4.41. The third-order valence-electron chi connectivity index (χ3n) is 4.16. The van der Waals surface area contributed by atoms with Gasteiger partial charge in [0.1, 0.15) is 5.82 Å². The number of hydrogen-bond acceptors (Lipinski definition) is 1. The van der Waals surface area contributed by atoms with E-state index in [2.05, 4.69) is 31.3 Å². The number of nitrogens with one attached hydrogen (secondary N) is 1. The third kappa shape index (κ3) is 3.63. The molecule has 112 valence electrons. The maximum atomic E-state index is 13.6. The Bertz CT molecular complexity index is 595. The molecule has 3 heteroatoms. The fourth-order valence-corrected chi connectivity index (χ4v) is 2.81. The highest BCUT2D eigenvalue weighted by Gasteiger charge is 2.30. The topological polar surface area (TPSA) is 12.0 Å². The van der Waals surface area contributed by atoms with Crippen molar-refractivity contribution in [1.82, 2.24) is 5.32 Å². The van der Waals surface area contributed by atoms with Crippen molar-refractivity contribution in [3.8, 4) is 0 Å². The van der Waals surface area contributed by atoms with Crippen LogP contribution in [0, 0.1) is 5.82 Å². The van der Waals surface area contributed by atoms with Crippen molar-refractivity contribution >= 4 is 11.6 Å². The van der Waals surface area contributed by atoms with Crippen molar-refractivity contribution in [2.45, 2.75) is 31.7 Å². The molecular weight excluding hydrogens is 285 g/mol. The molecule has 2 rings (SSSR count). The summed E-state index contributed by atoms with van der Waals surface area (Å²) in [7, 11) is 1.95. The summed E-state index contributed by atoms with van der Waals surface area (Å²) in [5.41, 5.74) is 2.14. The number of hydrogen-bond donors (Lipinski definition) is 1. The zero-order valence-electron chi connectivity index (χ0n) is 12.7. The molecule has 0 radical (unpaired) electrons. The average Bonchev–Trinajstić information content (AvgIpc) is 2.49. The van der Waals surface area contributed by atoms with E-state index >= 15 is 0 Å². The second-order valence-corrected chi connectivity index (χ2v) is 6.29. The quantitative estimate of drug-likeness (QED) is 0.852. The first-order chi connectivity index (χ1) is 9.95. The van der Waals surface area contributed by atoms with Gasteiger partial charge in [-0.25, -0.2) is 4.39 Å². The second-order valence-electron chi connectivity index (χ2n) is 5.88. The summed E-state index contributed by atoms with van der Waals surface area (Å²) >= 11 is 5.75. The fourth-order valence-electron chi connectivity index (χ4n) is 2.69. The van der Waals surface area contributed by atoms with Crippen LogP contribution >= 0.6 is 11.6 Å². The van der Waals surface area contributed by atoms with E-state index in [0.29, 0.717) is 0 Å². The average molecular weight is 306 g/mol. The Hall–Kier alpha value is -1.38. The molecule has 0 spiro atoms. The van der Waals surface area contributed by atoms with Gasteiger partial charge in [0, 0.05) is 11.5 Å². The largest absolute Gasteiger partial charge is 0.316 e. The summed E-state index contributed by atoms with van der Waals surface area (Å²) in [6.07, 6.45) is 0.743. The lowest BCUT2D eigenvalue weighted by molar-refractivity contribution is 0.356. The molecule has 2 aromatic carbocycles. The van der Waals surface area contributed by atoms with Crippen molar-refractivity contribution in [3.05, 3.63) is 70.5 Å². The molecule has 0 saturated heterocycles. The monoisotopic (exact) mass is 305 g/mol. The van der Waals surface area contributed by atoms with Crippen molar-refractivity contribution < 1.29 is 4.39 Å². The fraction of sp³-hybridized carbons (Fsp3) is 0.333. The summed E-state index contributed by atoms with van der Waals surface area (Å²) < 4.78 is 13.6. The van der Waals surface area contributed by atoms with Gasteiger partial charge >= 0.3 is 0 Å². The van der Waals surface area contributed by atoms with Gasteiger partial charge in [-0.2, -0.15) is 0 Å². The molecule has 0 amide bonds. The lowest BCUT2D eigenvalue weighted by Crippen LogP contribution is -2.44. The number of rotatable bonds is 5. The molecule has 1 atom stereocenters. The van der Waals surface area contributed by atoms with Crippen molar-refractivity contribution in [1.29, 1.82) is 0 Å². The standard InChI is InChI=1S/C18H21ClFN/c1-18(2,14-7-5-4-6-8-14)17(21-3)12-13-9-10-15(19)16(20)11-13/h4-11,17,21H,12H2,1-3H3. The van der Waals surface area contributed by atoms with Crippen LogP contribution in [0.2, 0.25) is 5.02 Å². The van der Waals surface area contributed by atoms with Gasteiger partial charge in [-0.3, -0.25) is 0 Å². The minimum Gasteiger partial charge on any atom is -0.316 e. The van der Waals surface area contributed by atoms with Gasteiger partial charge in [-0.15, -0.1) is 0 Å². The van der Waals surface area contributed by atoms with Gasteiger partial charge in [-0.05, 0) is 36.7 Å². The van der Waals surface area contributed by atoms with Crippen LogP contribution in [0.5, 0.6) is 0 Å². The maximum Gasteiger partial charge on any atom is 0.142 e. The van der Waals surface area contributed by atoms with E-state index < -0.39 is 0 Å². The summed E-state index contributed by atoms with van der Waals surface area (Å²) in [4.78, 5) is 0. The molecule has 0 saturated carbocycles. The van der Waals surface area contributed by atoms with E-state index in [-0.39, 0.29) is 22.3 Å². The molecule has 1 nitrogen and oxygen atoms in total. The Kier molecular flexibility index (Phi) is 5.02. The van der Waals surface area contributed by atoms with E-state index in [1.54, 1.807) is 6.07 Å². The van der Waals surface area contributed by atoms with Crippen LogP contribution in [-0.2, 0) is 11.8 Å². The SMILES string of the molecule is CNC(Cc1ccc(Cl)c(F)c1)C(C)(C)c1ccccc1. The summed E-state index contributed by atoms with van der Waals surface area (Å²) in [6, 6.07) is 15.6. The Balaban J connectivity index is 2.25. The molecule has 0 heterocycles. The van der Waals surface area contributed by atoms with Gasteiger partial charge in [-0.1, -0.05) is 61.8 Å². The van der Waals surface area contributed by atoms with Crippen LogP contribution in [0.1, 0.15) is 25.0 Å². The summed E-state index contributed by atoms with van der Waals surface area (Å²) in [5, 5.41) is 3.54. The van der Waals surface area contributed by atoms with Gasteiger partial charge < -0.3 is 5.32 Å². The predicted molar refractivity (Wildman–Crippen MR) is 87.4 cm³/mol. The third-order valence-corrected chi connectivity index (χ3v) is 4.47. The minimum atomic E-state index is -0.360. The van der Waals surface area contributed by atoms with E-state index in [4.69, 9.17) is 11.6 Å². The molecule has 0 aliphatic heterocycles. The lowest BCUT2D eigenvalue weighted by atomic mass is 9.75. The lowest BCUT2D eigenvalue weighted by Gasteiger charge is -2.35. The van der Waals surface area contributed by atoms with Gasteiger partial charge in [0.15, 0.2) is 0 Å². The Morgan fingerprint density at radius 2 is 1.81 bits per heavy atom. The van der Waals surface area contributed by atoms with Crippen molar-refractivity contribution in [2.75, 3.05) is 7.05 Å². The first-order valence-corrected chi connectivity index (χ1v) is 7.49. The van der Waals surface area contributed by atoms with E-state index in [1.165, 1.54) is 11.6 Å². The molecule has 21 heavy (non-hydrogen) atoms. The zero-order chi connectivity index (χ0) is 15.5. The van der Waals surface area contributed by atoms with E-state index in [0.717, 1.165) is 12.0 Å². The van der Waals surface area contributed by atoms with Crippen LogP contribution in [0.3, 0.4) is 0 Å². The smallest absolute Gasteiger partial charge is 0.142 e. The molecule has 0 aliphatic rings. The van der Waals surface area contributed by atoms with Crippen LogP contribution in [0.25, 0.3) is 0 Å². The van der Waals surface area contributed by atoms with Crippen molar-refractivity contribution in [3.63, 3.8) is 0 Å². The molecule has 0 fully saturated rings. The number of benzene rings is 2. The predicted octanol–water partition coefficient (Wildman–Crippen LogP) is 4.59. The molecule has 0 bridgehead atoms. The summed E-state index contributed by atoms with van der Waals surface area (Å²) in [5.74, 6) is -0.360. The molecule has 0 aromatic heterocycles. The molecule has 2 aromatic rings. The zero-order valence-corrected chi connectivity index (χ0v) is 13.4. The van der Waals surface area contributed by atoms with Crippen molar-refractivity contribution in [2.24, 2.45) is 0 Å². The second kappa shape index (κ2) is 6.59. The highest BCUT2D eigenvalue weighted by molar-refractivity contribution is 6.30. The van der Waals surface area contributed by atoms with Crippen LogP contribution in [0.4, 0.5) is 4.39 Å². The first kappa shape index (κ1) is 16.0. The molecule has 1 unspecified atom stereocenters. The number of halogens is 2. The highest BCUT2D eigenvalue weighted by atomic mass is 35.5. The molecule has 1 N–H and O–H groups in total.